The number of para-hydroxylation sites is 1. The number of benzene rings is 2. The van der Waals surface area contributed by atoms with E-state index in [0.717, 1.165) is 5.56 Å². The first kappa shape index (κ1) is 19.3. The highest BCUT2D eigenvalue weighted by atomic mass is 35.5. The van der Waals surface area contributed by atoms with E-state index in [4.69, 9.17) is 23.2 Å². The lowest BCUT2D eigenvalue weighted by Crippen LogP contribution is -2.31. The van der Waals surface area contributed by atoms with Gasteiger partial charge < -0.3 is 10.6 Å². The number of aryl methyl sites for hydroxylation is 1. The van der Waals surface area contributed by atoms with E-state index in [-0.39, 0.29) is 24.3 Å². The number of halogens is 2. The molecule has 0 unspecified atom stereocenters. The molecule has 0 aliphatic rings. The smallest absolute Gasteiger partial charge is 0.253 e. The molecule has 0 saturated carbocycles. The standard InChI is InChI=1S/C19H20Cl2N2O2/c1-12(2)22-19(25)14-5-3-4-6-17(14)23-18(24)10-8-13-7-9-15(20)16(21)11-13/h3-7,9,11-12H,8,10H2,1-2H3,(H,22,25)(H,23,24). The summed E-state index contributed by atoms with van der Waals surface area (Å²) in [6, 6.07) is 12.3. The minimum absolute atomic E-state index is 0.0194. The van der Waals surface area contributed by atoms with Crippen LogP contribution in [0.3, 0.4) is 0 Å². The number of amides is 2. The van der Waals surface area contributed by atoms with Crippen LogP contribution < -0.4 is 10.6 Å². The van der Waals surface area contributed by atoms with Crippen molar-refractivity contribution in [1.29, 1.82) is 0 Å². The molecule has 2 aromatic carbocycles. The molecular weight excluding hydrogens is 359 g/mol. The molecule has 0 radical (unpaired) electrons. The molecule has 132 valence electrons. The molecule has 0 aliphatic carbocycles. The fraction of sp³-hybridized carbons (Fsp3) is 0.263. The van der Waals surface area contributed by atoms with Crippen LogP contribution in [-0.2, 0) is 11.2 Å². The van der Waals surface area contributed by atoms with Crippen molar-refractivity contribution in [2.45, 2.75) is 32.7 Å². The van der Waals surface area contributed by atoms with Gasteiger partial charge in [0.1, 0.15) is 0 Å². The van der Waals surface area contributed by atoms with Crippen LogP contribution in [0.4, 0.5) is 5.69 Å². The van der Waals surface area contributed by atoms with E-state index in [1.54, 1.807) is 36.4 Å². The van der Waals surface area contributed by atoms with Crippen LogP contribution in [0.15, 0.2) is 42.5 Å². The van der Waals surface area contributed by atoms with Gasteiger partial charge in [-0.05, 0) is 50.1 Å². The van der Waals surface area contributed by atoms with Gasteiger partial charge in [-0.2, -0.15) is 0 Å². The highest BCUT2D eigenvalue weighted by Gasteiger charge is 2.13. The van der Waals surface area contributed by atoms with Crippen molar-refractivity contribution in [3.05, 3.63) is 63.6 Å². The first-order valence-electron chi connectivity index (χ1n) is 8.00. The summed E-state index contributed by atoms with van der Waals surface area (Å²) in [4.78, 5) is 24.4. The Hall–Kier alpha value is -2.04. The van der Waals surface area contributed by atoms with Crippen LogP contribution in [0.2, 0.25) is 10.0 Å². The zero-order chi connectivity index (χ0) is 18.4. The largest absolute Gasteiger partial charge is 0.350 e. The third-order valence-electron chi connectivity index (χ3n) is 3.49. The molecule has 0 aliphatic heterocycles. The highest BCUT2D eigenvalue weighted by molar-refractivity contribution is 6.42. The minimum Gasteiger partial charge on any atom is -0.350 e. The number of carbonyl (C=O) groups is 2. The molecule has 25 heavy (non-hydrogen) atoms. The molecule has 2 rings (SSSR count). The third kappa shape index (κ3) is 5.76. The molecule has 0 atom stereocenters. The summed E-state index contributed by atoms with van der Waals surface area (Å²) in [7, 11) is 0. The van der Waals surface area contributed by atoms with E-state index < -0.39 is 0 Å². The fourth-order valence-electron chi connectivity index (χ4n) is 2.30. The Morgan fingerprint density at radius 3 is 2.44 bits per heavy atom. The first-order chi connectivity index (χ1) is 11.9. The van der Waals surface area contributed by atoms with Gasteiger partial charge in [-0.15, -0.1) is 0 Å². The maximum atomic E-state index is 12.2. The maximum absolute atomic E-state index is 12.2. The summed E-state index contributed by atoms with van der Waals surface area (Å²) >= 11 is 11.9. The van der Waals surface area contributed by atoms with Crippen molar-refractivity contribution >= 4 is 40.7 Å². The average molecular weight is 379 g/mol. The summed E-state index contributed by atoms with van der Waals surface area (Å²) in [5, 5.41) is 6.58. The predicted octanol–water partition coefficient (Wildman–Crippen LogP) is 4.70. The van der Waals surface area contributed by atoms with Gasteiger partial charge in [0.15, 0.2) is 0 Å². The van der Waals surface area contributed by atoms with Crippen LogP contribution in [-0.4, -0.2) is 17.9 Å². The van der Waals surface area contributed by atoms with Crippen molar-refractivity contribution in [2.24, 2.45) is 0 Å². The Balaban J connectivity index is 2.00. The second kappa shape index (κ2) is 8.88. The Morgan fingerprint density at radius 1 is 1.04 bits per heavy atom. The van der Waals surface area contributed by atoms with Gasteiger partial charge in [0.05, 0.1) is 21.3 Å². The Kier molecular flexibility index (Phi) is 6.85. The number of carbonyl (C=O) groups excluding carboxylic acids is 2. The third-order valence-corrected chi connectivity index (χ3v) is 4.23. The highest BCUT2D eigenvalue weighted by Crippen LogP contribution is 2.23. The molecular formula is C19H20Cl2N2O2. The zero-order valence-electron chi connectivity index (χ0n) is 14.1. The van der Waals surface area contributed by atoms with E-state index in [2.05, 4.69) is 10.6 Å². The van der Waals surface area contributed by atoms with Crippen molar-refractivity contribution in [3.63, 3.8) is 0 Å². The zero-order valence-corrected chi connectivity index (χ0v) is 15.6. The van der Waals surface area contributed by atoms with E-state index >= 15 is 0 Å². The monoisotopic (exact) mass is 378 g/mol. The normalized spacial score (nSPS) is 10.6. The molecule has 0 fully saturated rings. The van der Waals surface area contributed by atoms with Gasteiger partial charge in [0.2, 0.25) is 5.91 Å². The average Bonchev–Trinajstić information content (AvgIpc) is 2.56. The number of anilines is 1. The molecule has 0 bridgehead atoms. The van der Waals surface area contributed by atoms with E-state index in [1.807, 2.05) is 19.9 Å². The molecule has 2 aromatic rings. The van der Waals surface area contributed by atoms with Crippen molar-refractivity contribution in [3.8, 4) is 0 Å². The summed E-state index contributed by atoms with van der Waals surface area (Å²) in [6.07, 6.45) is 0.807. The number of hydrogen-bond acceptors (Lipinski definition) is 2. The van der Waals surface area contributed by atoms with Crippen LogP contribution in [0.5, 0.6) is 0 Å². The van der Waals surface area contributed by atoms with Gasteiger partial charge in [0, 0.05) is 12.5 Å². The summed E-state index contributed by atoms with van der Waals surface area (Å²) < 4.78 is 0. The van der Waals surface area contributed by atoms with Gasteiger partial charge in [-0.25, -0.2) is 0 Å². The lowest BCUT2D eigenvalue weighted by molar-refractivity contribution is -0.116. The fourth-order valence-corrected chi connectivity index (χ4v) is 2.62. The van der Waals surface area contributed by atoms with Gasteiger partial charge in [0.25, 0.3) is 5.91 Å². The van der Waals surface area contributed by atoms with Crippen LogP contribution >= 0.6 is 23.2 Å². The molecule has 0 aromatic heterocycles. The van der Waals surface area contributed by atoms with Crippen molar-refractivity contribution in [2.75, 3.05) is 5.32 Å². The maximum Gasteiger partial charge on any atom is 0.253 e. The number of nitrogens with one attached hydrogen (secondary N) is 2. The Labute approximate surface area is 157 Å². The predicted molar refractivity (Wildman–Crippen MR) is 102 cm³/mol. The molecule has 2 N–H and O–H groups in total. The van der Waals surface area contributed by atoms with Crippen LogP contribution in [0.25, 0.3) is 0 Å². The summed E-state index contributed by atoms with van der Waals surface area (Å²) in [6.45, 7) is 3.77. The van der Waals surface area contributed by atoms with E-state index in [0.29, 0.717) is 27.7 Å². The quantitative estimate of drug-likeness (QED) is 0.764. The minimum atomic E-state index is -0.213. The lowest BCUT2D eigenvalue weighted by Gasteiger charge is -2.13. The molecule has 0 spiro atoms. The first-order valence-corrected chi connectivity index (χ1v) is 8.76. The second-order valence-corrected chi connectivity index (χ2v) is 6.78. The molecule has 4 nitrogen and oxygen atoms in total. The van der Waals surface area contributed by atoms with Gasteiger partial charge >= 0.3 is 0 Å². The number of hydrogen-bond donors (Lipinski definition) is 2. The topological polar surface area (TPSA) is 58.2 Å². The van der Waals surface area contributed by atoms with Gasteiger partial charge in [-0.3, -0.25) is 9.59 Å². The van der Waals surface area contributed by atoms with Crippen LogP contribution in [0.1, 0.15) is 36.2 Å². The SMILES string of the molecule is CC(C)NC(=O)c1ccccc1NC(=O)CCc1ccc(Cl)c(Cl)c1. The van der Waals surface area contributed by atoms with Gasteiger partial charge in [-0.1, -0.05) is 41.4 Å². The lowest BCUT2D eigenvalue weighted by atomic mass is 10.1. The van der Waals surface area contributed by atoms with Crippen molar-refractivity contribution in [1.82, 2.24) is 5.32 Å². The summed E-state index contributed by atoms with van der Waals surface area (Å²) in [5.41, 5.74) is 1.87. The van der Waals surface area contributed by atoms with E-state index in [1.165, 1.54) is 0 Å². The Bertz CT molecular complexity index is 776. The Morgan fingerprint density at radius 2 is 1.76 bits per heavy atom. The second-order valence-electron chi connectivity index (χ2n) is 5.97. The van der Waals surface area contributed by atoms with E-state index in [9.17, 15) is 9.59 Å². The molecule has 0 heterocycles. The van der Waals surface area contributed by atoms with Crippen molar-refractivity contribution < 1.29 is 9.59 Å². The summed E-state index contributed by atoms with van der Waals surface area (Å²) in [5.74, 6) is -0.383. The molecule has 0 saturated heterocycles. The molecule has 2 amide bonds. The number of rotatable bonds is 6. The van der Waals surface area contributed by atoms with Crippen LogP contribution in [0, 0.1) is 0 Å². The molecule has 6 heteroatoms.